The molecule has 1 aromatic heterocycles. The lowest BCUT2D eigenvalue weighted by molar-refractivity contribution is 0.373. The van der Waals surface area contributed by atoms with E-state index in [1.165, 1.54) is 5.56 Å². The van der Waals surface area contributed by atoms with Crippen LogP contribution in [0.5, 0.6) is 0 Å². The predicted molar refractivity (Wildman–Crippen MR) is 85.0 cm³/mol. The Bertz CT molecular complexity index is 573. The maximum atomic E-state index is 12.4. The van der Waals surface area contributed by atoms with E-state index in [0.717, 1.165) is 17.4 Å². The molecule has 110 valence electrons. The topological polar surface area (TPSA) is 39.4 Å². The largest absolute Gasteiger partial charge is 0.598 e. The van der Waals surface area contributed by atoms with Gasteiger partial charge in [0.1, 0.15) is 10.3 Å². The van der Waals surface area contributed by atoms with Crippen LogP contribution in [0, 0.1) is 0 Å². The van der Waals surface area contributed by atoms with E-state index in [2.05, 4.69) is 19.1 Å². The van der Waals surface area contributed by atoms with Crippen molar-refractivity contribution >= 4 is 22.3 Å². The zero-order valence-corrected chi connectivity index (χ0v) is 13.7. The third kappa shape index (κ3) is 3.37. The molecule has 0 unspecified atom stereocenters. The minimum atomic E-state index is -0.990. The number of likely N-dealkylation sites (N-methyl/N-ethyl adjacent to an activating group) is 1. The van der Waals surface area contributed by atoms with Crippen LogP contribution >= 0.6 is 0 Å². The van der Waals surface area contributed by atoms with Gasteiger partial charge in [-0.25, -0.2) is 0 Å². The van der Waals surface area contributed by atoms with E-state index in [-0.39, 0.29) is 10.8 Å². The first-order valence-corrected chi connectivity index (χ1v) is 8.00. The van der Waals surface area contributed by atoms with Gasteiger partial charge in [-0.05, 0) is 57.9 Å². The van der Waals surface area contributed by atoms with Crippen LogP contribution in [0.15, 0.2) is 34.9 Å². The van der Waals surface area contributed by atoms with Crippen LogP contribution in [0.1, 0.15) is 33.3 Å². The van der Waals surface area contributed by atoms with Crippen LogP contribution in [-0.4, -0.2) is 26.7 Å². The standard InChI is InChI=1S/C16H23NO2S/c1-12(17(5)20(18)16(2,3)4)10-13-6-7-15-14(11-13)8-9-19-15/h6-9,11-12H,10H2,1-5H3/t12-,20-/m0/s1. The first kappa shape index (κ1) is 15.4. The van der Waals surface area contributed by atoms with Gasteiger partial charge < -0.3 is 8.97 Å². The minimum absolute atomic E-state index is 0.222. The number of furan rings is 1. The molecule has 2 atom stereocenters. The smallest absolute Gasteiger partial charge is 0.137 e. The Morgan fingerprint density at radius 2 is 2.00 bits per heavy atom. The quantitative estimate of drug-likeness (QED) is 0.806. The molecule has 2 rings (SSSR count). The molecule has 0 amide bonds. The van der Waals surface area contributed by atoms with Crippen molar-refractivity contribution in [3.05, 3.63) is 36.1 Å². The van der Waals surface area contributed by atoms with Crippen LogP contribution < -0.4 is 0 Å². The van der Waals surface area contributed by atoms with E-state index >= 15 is 0 Å². The Labute approximate surface area is 124 Å². The average Bonchev–Trinajstić information content (AvgIpc) is 2.83. The van der Waals surface area contributed by atoms with Crippen molar-refractivity contribution in [1.29, 1.82) is 0 Å². The molecule has 20 heavy (non-hydrogen) atoms. The van der Waals surface area contributed by atoms with E-state index in [1.54, 1.807) is 6.26 Å². The summed E-state index contributed by atoms with van der Waals surface area (Å²) in [4.78, 5) is 0. The molecule has 0 aliphatic heterocycles. The lowest BCUT2D eigenvalue weighted by Gasteiger charge is -2.33. The zero-order valence-electron chi connectivity index (χ0n) is 12.8. The molecule has 0 spiro atoms. The molecule has 4 heteroatoms. The highest BCUT2D eigenvalue weighted by Gasteiger charge is 2.33. The highest BCUT2D eigenvalue weighted by molar-refractivity contribution is 7.90. The van der Waals surface area contributed by atoms with Gasteiger partial charge in [0.15, 0.2) is 0 Å². The van der Waals surface area contributed by atoms with Crippen LogP contribution in [0.2, 0.25) is 0 Å². The fraction of sp³-hybridized carbons (Fsp3) is 0.500. The molecule has 0 N–H and O–H groups in total. The summed E-state index contributed by atoms with van der Waals surface area (Å²) in [5.74, 6) is 0. The Morgan fingerprint density at radius 1 is 1.30 bits per heavy atom. The summed E-state index contributed by atoms with van der Waals surface area (Å²) < 4.78 is 19.5. The van der Waals surface area contributed by atoms with Gasteiger partial charge in [0.2, 0.25) is 0 Å². The average molecular weight is 293 g/mol. The van der Waals surface area contributed by atoms with E-state index in [4.69, 9.17) is 4.42 Å². The fourth-order valence-electron chi connectivity index (χ4n) is 2.21. The SMILES string of the molecule is C[C@@H](Cc1ccc2occc2c1)N(C)[S@@+]([O-])C(C)(C)C. The summed E-state index contributed by atoms with van der Waals surface area (Å²) in [5.41, 5.74) is 2.15. The highest BCUT2D eigenvalue weighted by atomic mass is 32.2. The van der Waals surface area contributed by atoms with Crippen molar-refractivity contribution in [2.45, 2.75) is 44.9 Å². The third-order valence-corrected chi connectivity index (χ3v) is 5.38. The van der Waals surface area contributed by atoms with Crippen molar-refractivity contribution < 1.29 is 8.97 Å². The number of hydrogen-bond acceptors (Lipinski definition) is 3. The molecular formula is C16H23NO2S. The van der Waals surface area contributed by atoms with Gasteiger partial charge >= 0.3 is 0 Å². The molecule has 0 radical (unpaired) electrons. The molecule has 2 aromatic rings. The molecule has 0 fully saturated rings. The second-order valence-electron chi connectivity index (χ2n) is 6.25. The second-order valence-corrected chi connectivity index (χ2v) is 8.55. The molecule has 0 aliphatic carbocycles. The lowest BCUT2D eigenvalue weighted by atomic mass is 10.1. The molecule has 0 saturated heterocycles. The van der Waals surface area contributed by atoms with E-state index in [1.807, 2.05) is 44.3 Å². The van der Waals surface area contributed by atoms with Gasteiger partial charge in [0.25, 0.3) is 0 Å². The normalized spacial score (nSPS) is 15.8. The van der Waals surface area contributed by atoms with Gasteiger partial charge in [-0.15, -0.1) is 4.31 Å². The van der Waals surface area contributed by atoms with E-state index < -0.39 is 11.4 Å². The Balaban J connectivity index is 2.08. The molecule has 1 heterocycles. The summed E-state index contributed by atoms with van der Waals surface area (Å²) in [6.07, 6.45) is 2.58. The van der Waals surface area contributed by atoms with Gasteiger partial charge in [0, 0.05) is 23.8 Å². The zero-order chi connectivity index (χ0) is 14.9. The fourth-order valence-corrected chi connectivity index (χ4v) is 3.47. The van der Waals surface area contributed by atoms with Gasteiger partial charge in [0.05, 0.1) is 12.3 Å². The number of fused-ring (bicyclic) bond motifs is 1. The van der Waals surface area contributed by atoms with E-state index in [0.29, 0.717) is 0 Å². The van der Waals surface area contributed by atoms with E-state index in [9.17, 15) is 4.55 Å². The first-order valence-electron chi connectivity index (χ1n) is 6.90. The van der Waals surface area contributed by atoms with Crippen molar-refractivity contribution in [1.82, 2.24) is 4.31 Å². The summed E-state index contributed by atoms with van der Waals surface area (Å²) in [7, 11) is 1.93. The predicted octanol–water partition coefficient (Wildman–Crippen LogP) is 3.76. The first-order chi connectivity index (χ1) is 9.29. The molecule has 0 saturated carbocycles. The maximum absolute atomic E-state index is 12.4. The molecule has 0 aliphatic rings. The highest BCUT2D eigenvalue weighted by Crippen LogP contribution is 2.23. The maximum Gasteiger partial charge on any atom is 0.137 e. The number of benzene rings is 1. The molecule has 0 bridgehead atoms. The molecule has 1 aromatic carbocycles. The van der Waals surface area contributed by atoms with Crippen LogP contribution in [0.25, 0.3) is 11.0 Å². The van der Waals surface area contributed by atoms with Gasteiger partial charge in [-0.1, -0.05) is 6.07 Å². The number of hydrogen-bond donors (Lipinski definition) is 0. The molecular weight excluding hydrogens is 270 g/mol. The lowest BCUT2D eigenvalue weighted by Crippen LogP contribution is -2.45. The Kier molecular flexibility index (Phi) is 4.47. The Morgan fingerprint density at radius 3 is 2.65 bits per heavy atom. The van der Waals surface area contributed by atoms with Crippen LogP contribution in [-0.2, 0) is 17.8 Å². The monoisotopic (exact) mass is 293 g/mol. The van der Waals surface area contributed by atoms with Crippen molar-refractivity contribution in [3.8, 4) is 0 Å². The Hall–Kier alpha value is -0.970. The minimum Gasteiger partial charge on any atom is -0.598 e. The van der Waals surface area contributed by atoms with Crippen molar-refractivity contribution in [2.75, 3.05) is 7.05 Å². The van der Waals surface area contributed by atoms with Gasteiger partial charge in [-0.3, -0.25) is 0 Å². The number of rotatable bonds is 4. The molecule has 3 nitrogen and oxygen atoms in total. The van der Waals surface area contributed by atoms with Crippen LogP contribution in [0.3, 0.4) is 0 Å². The third-order valence-electron chi connectivity index (χ3n) is 3.45. The summed E-state index contributed by atoms with van der Waals surface area (Å²) in [6.45, 7) is 8.13. The summed E-state index contributed by atoms with van der Waals surface area (Å²) in [5, 5.41) is 1.12. The summed E-state index contributed by atoms with van der Waals surface area (Å²) >= 11 is -0.990. The second kappa shape index (κ2) is 5.80. The van der Waals surface area contributed by atoms with Crippen LogP contribution in [0.4, 0.5) is 0 Å². The van der Waals surface area contributed by atoms with Crippen molar-refractivity contribution in [2.24, 2.45) is 0 Å². The van der Waals surface area contributed by atoms with Gasteiger partial charge in [-0.2, -0.15) is 0 Å². The number of nitrogens with zero attached hydrogens (tertiary/aromatic N) is 1. The summed E-state index contributed by atoms with van der Waals surface area (Å²) in [6, 6.07) is 8.41. The van der Waals surface area contributed by atoms with Crippen molar-refractivity contribution in [3.63, 3.8) is 0 Å².